The number of nitrogens with two attached hydrogens (primary N) is 1. The highest BCUT2D eigenvalue weighted by molar-refractivity contribution is 7.91. The maximum Gasteiger partial charge on any atom is 0.152 e. The lowest BCUT2D eigenvalue weighted by Gasteiger charge is -2.13. The van der Waals surface area contributed by atoms with Crippen LogP contribution in [0.3, 0.4) is 0 Å². The molecule has 1 aliphatic heterocycles. The van der Waals surface area contributed by atoms with Crippen LogP contribution in [0.25, 0.3) is 0 Å². The molecule has 1 aliphatic rings. The van der Waals surface area contributed by atoms with Gasteiger partial charge >= 0.3 is 0 Å². The molecule has 2 heterocycles. The first-order chi connectivity index (χ1) is 7.61. The van der Waals surface area contributed by atoms with Gasteiger partial charge in [-0.2, -0.15) is 0 Å². The normalized spacial score (nSPS) is 23.2. The summed E-state index contributed by atoms with van der Waals surface area (Å²) in [6, 6.07) is 3.67. The lowest BCUT2D eigenvalue weighted by Crippen LogP contribution is -2.22. The van der Waals surface area contributed by atoms with E-state index in [2.05, 4.69) is 10.3 Å². The first-order valence-electron chi connectivity index (χ1n) is 5.21. The number of aromatic nitrogens is 1. The van der Waals surface area contributed by atoms with Gasteiger partial charge in [0.05, 0.1) is 11.5 Å². The monoisotopic (exact) mass is 241 g/mol. The van der Waals surface area contributed by atoms with E-state index in [0.29, 0.717) is 18.8 Å². The van der Waals surface area contributed by atoms with Crippen LogP contribution in [0, 0.1) is 0 Å². The molecule has 88 valence electrons. The maximum atomic E-state index is 11.3. The van der Waals surface area contributed by atoms with Crippen LogP contribution in [-0.4, -0.2) is 30.9 Å². The molecule has 3 N–H and O–H groups in total. The Morgan fingerprint density at radius 1 is 1.56 bits per heavy atom. The second kappa shape index (κ2) is 4.39. The van der Waals surface area contributed by atoms with Gasteiger partial charge in [0.2, 0.25) is 0 Å². The molecule has 0 aliphatic carbocycles. The van der Waals surface area contributed by atoms with Crippen molar-refractivity contribution in [2.24, 2.45) is 5.73 Å². The number of hydrogen-bond acceptors (Lipinski definition) is 5. The molecule has 1 atom stereocenters. The predicted molar refractivity (Wildman–Crippen MR) is 62.8 cm³/mol. The molecular weight excluding hydrogens is 226 g/mol. The van der Waals surface area contributed by atoms with Crippen molar-refractivity contribution in [1.82, 2.24) is 4.98 Å². The number of sulfone groups is 1. The van der Waals surface area contributed by atoms with E-state index in [1.807, 2.05) is 12.1 Å². The Kier molecular flexibility index (Phi) is 3.11. The third kappa shape index (κ3) is 2.51. The Morgan fingerprint density at radius 3 is 3.00 bits per heavy atom. The van der Waals surface area contributed by atoms with Crippen LogP contribution in [0.5, 0.6) is 0 Å². The summed E-state index contributed by atoms with van der Waals surface area (Å²) in [6.45, 7) is 0.398. The highest BCUT2D eigenvalue weighted by Crippen LogP contribution is 2.18. The zero-order valence-corrected chi connectivity index (χ0v) is 9.70. The van der Waals surface area contributed by atoms with Crippen molar-refractivity contribution in [3.63, 3.8) is 0 Å². The smallest absolute Gasteiger partial charge is 0.152 e. The Labute approximate surface area is 95.0 Å². The van der Waals surface area contributed by atoms with Crippen molar-refractivity contribution < 1.29 is 8.42 Å². The van der Waals surface area contributed by atoms with E-state index in [0.717, 1.165) is 5.56 Å². The Bertz CT molecular complexity index is 473. The molecule has 0 aromatic carbocycles. The van der Waals surface area contributed by atoms with Crippen molar-refractivity contribution in [3.8, 4) is 0 Å². The van der Waals surface area contributed by atoms with Crippen molar-refractivity contribution in [2.75, 3.05) is 16.8 Å². The number of hydrogen-bond donors (Lipinski definition) is 2. The van der Waals surface area contributed by atoms with Crippen molar-refractivity contribution in [2.45, 2.75) is 19.0 Å². The molecule has 16 heavy (non-hydrogen) atoms. The standard InChI is InChI=1S/C10H15N3O2S/c11-6-8-2-1-4-12-10(8)13-9-3-5-16(14,15)7-9/h1-2,4,9H,3,5-7,11H2,(H,12,13). The lowest BCUT2D eigenvalue weighted by atomic mass is 10.2. The van der Waals surface area contributed by atoms with Gasteiger partial charge in [0, 0.05) is 24.3 Å². The molecule has 0 amide bonds. The molecule has 1 aromatic rings. The maximum absolute atomic E-state index is 11.3. The first kappa shape index (κ1) is 11.3. The molecule has 2 rings (SSSR count). The van der Waals surface area contributed by atoms with Crippen molar-refractivity contribution in [1.29, 1.82) is 0 Å². The summed E-state index contributed by atoms with van der Waals surface area (Å²) >= 11 is 0. The predicted octanol–water partition coefficient (Wildman–Crippen LogP) is 0.139. The number of rotatable bonds is 3. The molecule has 1 fully saturated rings. The van der Waals surface area contributed by atoms with Gasteiger partial charge in [0.15, 0.2) is 9.84 Å². The molecular formula is C10H15N3O2S. The molecule has 0 radical (unpaired) electrons. The van der Waals surface area contributed by atoms with Crippen molar-refractivity contribution >= 4 is 15.7 Å². The summed E-state index contributed by atoms with van der Waals surface area (Å²) in [7, 11) is -2.86. The molecule has 0 saturated carbocycles. The van der Waals surface area contributed by atoms with Crippen LogP contribution in [0.15, 0.2) is 18.3 Å². The first-order valence-corrected chi connectivity index (χ1v) is 7.04. The van der Waals surface area contributed by atoms with E-state index in [9.17, 15) is 8.42 Å². The zero-order chi connectivity index (χ0) is 11.6. The van der Waals surface area contributed by atoms with Crippen molar-refractivity contribution in [3.05, 3.63) is 23.9 Å². The summed E-state index contributed by atoms with van der Waals surface area (Å²) in [5, 5.41) is 3.15. The largest absolute Gasteiger partial charge is 0.366 e. The number of nitrogens with one attached hydrogen (secondary N) is 1. The average molecular weight is 241 g/mol. The highest BCUT2D eigenvalue weighted by atomic mass is 32.2. The lowest BCUT2D eigenvalue weighted by molar-refractivity contribution is 0.602. The van der Waals surface area contributed by atoms with E-state index in [-0.39, 0.29) is 17.5 Å². The number of nitrogens with zero attached hydrogens (tertiary/aromatic N) is 1. The fourth-order valence-corrected chi connectivity index (χ4v) is 3.51. The van der Waals surface area contributed by atoms with Gasteiger partial charge in [-0.15, -0.1) is 0 Å². The van der Waals surface area contributed by atoms with Gasteiger partial charge in [-0.1, -0.05) is 6.07 Å². The second-order valence-corrected chi connectivity index (χ2v) is 6.19. The molecule has 0 spiro atoms. The number of anilines is 1. The number of pyridine rings is 1. The third-order valence-corrected chi connectivity index (χ3v) is 4.45. The van der Waals surface area contributed by atoms with Gasteiger partial charge in [-0.3, -0.25) is 0 Å². The Balaban J connectivity index is 2.10. The van der Waals surface area contributed by atoms with Crippen LogP contribution >= 0.6 is 0 Å². The SMILES string of the molecule is NCc1cccnc1NC1CCS(=O)(=O)C1. The Morgan fingerprint density at radius 2 is 2.38 bits per heavy atom. The molecule has 1 unspecified atom stereocenters. The summed E-state index contributed by atoms with van der Waals surface area (Å²) < 4.78 is 22.6. The summed E-state index contributed by atoms with van der Waals surface area (Å²) in [5.41, 5.74) is 6.49. The van der Waals surface area contributed by atoms with Gasteiger partial charge in [-0.05, 0) is 12.5 Å². The van der Waals surface area contributed by atoms with E-state index in [1.54, 1.807) is 6.20 Å². The fourth-order valence-electron chi connectivity index (χ4n) is 1.84. The topological polar surface area (TPSA) is 85.1 Å². The third-order valence-electron chi connectivity index (χ3n) is 2.68. The second-order valence-electron chi connectivity index (χ2n) is 3.96. The minimum Gasteiger partial charge on any atom is -0.366 e. The van der Waals surface area contributed by atoms with E-state index < -0.39 is 9.84 Å². The van der Waals surface area contributed by atoms with E-state index in [1.165, 1.54) is 0 Å². The highest BCUT2D eigenvalue weighted by Gasteiger charge is 2.28. The molecule has 6 heteroatoms. The zero-order valence-electron chi connectivity index (χ0n) is 8.89. The van der Waals surface area contributed by atoms with Gasteiger partial charge < -0.3 is 11.1 Å². The molecule has 1 aromatic heterocycles. The summed E-state index contributed by atoms with van der Waals surface area (Å²) in [6.07, 6.45) is 2.31. The minimum atomic E-state index is -2.86. The van der Waals surface area contributed by atoms with Crippen LogP contribution < -0.4 is 11.1 Å². The van der Waals surface area contributed by atoms with Gasteiger partial charge in [0.25, 0.3) is 0 Å². The van der Waals surface area contributed by atoms with Gasteiger partial charge in [-0.25, -0.2) is 13.4 Å². The van der Waals surface area contributed by atoms with Crippen LogP contribution in [-0.2, 0) is 16.4 Å². The van der Waals surface area contributed by atoms with Gasteiger partial charge in [0.1, 0.15) is 5.82 Å². The molecule has 0 bridgehead atoms. The fraction of sp³-hybridized carbons (Fsp3) is 0.500. The van der Waals surface area contributed by atoms with E-state index >= 15 is 0 Å². The average Bonchev–Trinajstić information content (AvgIpc) is 2.59. The van der Waals surface area contributed by atoms with E-state index in [4.69, 9.17) is 5.73 Å². The quantitative estimate of drug-likeness (QED) is 0.786. The minimum absolute atomic E-state index is 0.0369. The van der Waals surface area contributed by atoms with Crippen LogP contribution in [0.1, 0.15) is 12.0 Å². The van der Waals surface area contributed by atoms with Crippen LogP contribution in [0.2, 0.25) is 0 Å². The summed E-state index contributed by atoms with van der Waals surface area (Å²) in [4.78, 5) is 4.17. The van der Waals surface area contributed by atoms with Crippen LogP contribution in [0.4, 0.5) is 5.82 Å². The summed E-state index contributed by atoms with van der Waals surface area (Å²) in [5.74, 6) is 1.15. The molecule has 5 nitrogen and oxygen atoms in total. The Hall–Kier alpha value is -1.14. The molecule has 1 saturated heterocycles.